The molecule has 5 heteroatoms. The molecule has 1 aromatic carbocycles. The van der Waals surface area contributed by atoms with Crippen LogP contribution in [0, 0.1) is 11.2 Å². The van der Waals surface area contributed by atoms with E-state index in [-0.39, 0.29) is 6.42 Å². The zero-order valence-corrected chi connectivity index (χ0v) is 10.3. The van der Waals surface area contributed by atoms with Crippen LogP contribution in [-0.2, 0) is 11.2 Å². The molecular formula is C13H15FO4. The van der Waals surface area contributed by atoms with Crippen LogP contribution in [0.1, 0.15) is 19.4 Å². The maximum atomic E-state index is 13.8. The maximum Gasteiger partial charge on any atom is 0.309 e. The molecule has 98 valence electrons. The van der Waals surface area contributed by atoms with Gasteiger partial charge < -0.3 is 14.6 Å². The van der Waals surface area contributed by atoms with Gasteiger partial charge in [-0.2, -0.15) is 0 Å². The highest BCUT2D eigenvalue weighted by Crippen LogP contribution is 2.35. The van der Waals surface area contributed by atoms with Crippen molar-refractivity contribution in [3.05, 3.63) is 23.5 Å². The lowest BCUT2D eigenvalue weighted by Crippen LogP contribution is -2.27. The van der Waals surface area contributed by atoms with Gasteiger partial charge in [-0.25, -0.2) is 4.39 Å². The summed E-state index contributed by atoms with van der Waals surface area (Å²) < 4.78 is 24.5. The van der Waals surface area contributed by atoms with Gasteiger partial charge in [0.2, 0.25) is 0 Å². The Morgan fingerprint density at radius 1 is 1.33 bits per heavy atom. The van der Waals surface area contributed by atoms with Crippen LogP contribution in [0.4, 0.5) is 4.39 Å². The molecule has 4 nitrogen and oxygen atoms in total. The molecule has 1 aliphatic heterocycles. The number of hydrogen-bond donors (Lipinski definition) is 1. The molecule has 0 atom stereocenters. The number of aliphatic carboxylic acids is 1. The Morgan fingerprint density at radius 3 is 2.44 bits per heavy atom. The van der Waals surface area contributed by atoms with E-state index in [9.17, 15) is 9.18 Å². The van der Waals surface area contributed by atoms with Gasteiger partial charge in [0, 0.05) is 6.07 Å². The molecule has 1 heterocycles. The average molecular weight is 254 g/mol. The number of benzene rings is 1. The molecule has 0 bridgehead atoms. The summed E-state index contributed by atoms with van der Waals surface area (Å²) in [6.45, 7) is 3.93. The molecule has 0 saturated heterocycles. The summed E-state index contributed by atoms with van der Waals surface area (Å²) in [5.41, 5.74) is -0.698. The van der Waals surface area contributed by atoms with Crippen molar-refractivity contribution in [2.24, 2.45) is 5.41 Å². The molecule has 18 heavy (non-hydrogen) atoms. The summed E-state index contributed by atoms with van der Waals surface area (Å²) in [5, 5.41) is 9.05. The van der Waals surface area contributed by atoms with Gasteiger partial charge in [0.15, 0.2) is 11.5 Å². The molecule has 1 N–H and O–H groups in total. The molecule has 0 amide bonds. The Balaban J connectivity index is 2.31. The van der Waals surface area contributed by atoms with E-state index in [0.717, 1.165) is 0 Å². The summed E-state index contributed by atoms with van der Waals surface area (Å²) in [5.74, 6) is -0.583. The van der Waals surface area contributed by atoms with Crippen LogP contribution < -0.4 is 9.47 Å². The highest BCUT2D eigenvalue weighted by molar-refractivity contribution is 5.74. The Hall–Kier alpha value is -1.78. The van der Waals surface area contributed by atoms with Crippen molar-refractivity contribution in [1.29, 1.82) is 0 Å². The molecule has 0 radical (unpaired) electrons. The van der Waals surface area contributed by atoms with Gasteiger partial charge in [0.25, 0.3) is 0 Å². The normalized spacial score (nSPS) is 14.4. The fourth-order valence-electron chi connectivity index (χ4n) is 1.79. The van der Waals surface area contributed by atoms with E-state index in [2.05, 4.69) is 0 Å². The molecule has 0 aromatic heterocycles. The molecular weight excluding hydrogens is 239 g/mol. The zero-order chi connectivity index (χ0) is 13.3. The van der Waals surface area contributed by atoms with Crippen LogP contribution in [0.3, 0.4) is 0 Å². The van der Waals surface area contributed by atoms with Crippen molar-refractivity contribution in [3.63, 3.8) is 0 Å². The quantitative estimate of drug-likeness (QED) is 0.898. The minimum atomic E-state index is -1.02. The summed E-state index contributed by atoms with van der Waals surface area (Å²) in [6, 6.07) is 2.77. The lowest BCUT2D eigenvalue weighted by Gasteiger charge is -2.22. The Labute approximate surface area is 104 Å². The van der Waals surface area contributed by atoms with Gasteiger partial charge in [-0.05, 0) is 31.9 Å². The second-order valence-electron chi connectivity index (χ2n) is 4.95. The Bertz CT molecular complexity index is 482. The van der Waals surface area contributed by atoms with Crippen LogP contribution in [0.15, 0.2) is 12.1 Å². The number of halogens is 1. The molecule has 2 rings (SSSR count). The predicted molar refractivity (Wildman–Crippen MR) is 62.5 cm³/mol. The van der Waals surface area contributed by atoms with E-state index in [1.807, 2.05) is 0 Å². The minimum absolute atomic E-state index is 0.102. The molecule has 0 unspecified atom stereocenters. The standard InChI is InChI=1S/C13H15FO4/c1-13(2,12(15)16)7-8-5-10-11(6-9(8)14)18-4-3-17-10/h5-6H,3-4,7H2,1-2H3,(H,15,16). The Morgan fingerprint density at radius 2 is 1.89 bits per heavy atom. The van der Waals surface area contributed by atoms with Crippen LogP contribution in [0.2, 0.25) is 0 Å². The third-order valence-corrected chi connectivity index (χ3v) is 2.92. The smallest absolute Gasteiger partial charge is 0.309 e. The van der Waals surface area contributed by atoms with E-state index in [4.69, 9.17) is 14.6 Å². The maximum absolute atomic E-state index is 13.8. The largest absolute Gasteiger partial charge is 0.486 e. The van der Waals surface area contributed by atoms with E-state index in [1.165, 1.54) is 12.1 Å². The van der Waals surface area contributed by atoms with Crippen molar-refractivity contribution in [2.45, 2.75) is 20.3 Å². The topological polar surface area (TPSA) is 55.8 Å². The lowest BCUT2D eigenvalue weighted by molar-refractivity contribution is -0.146. The van der Waals surface area contributed by atoms with E-state index >= 15 is 0 Å². The van der Waals surface area contributed by atoms with Gasteiger partial charge in [0.05, 0.1) is 5.41 Å². The number of hydrogen-bond acceptors (Lipinski definition) is 3. The number of fused-ring (bicyclic) bond motifs is 1. The molecule has 1 aliphatic rings. The SMILES string of the molecule is CC(C)(Cc1cc2c(cc1F)OCCO2)C(=O)O. The van der Waals surface area contributed by atoms with Gasteiger partial charge in [0.1, 0.15) is 19.0 Å². The van der Waals surface area contributed by atoms with Crippen LogP contribution in [-0.4, -0.2) is 24.3 Å². The van der Waals surface area contributed by atoms with E-state index in [1.54, 1.807) is 13.8 Å². The minimum Gasteiger partial charge on any atom is -0.486 e. The van der Waals surface area contributed by atoms with Crippen molar-refractivity contribution >= 4 is 5.97 Å². The Kier molecular flexibility index (Phi) is 3.15. The first kappa shape index (κ1) is 12.7. The second-order valence-corrected chi connectivity index (χ2v) is 4.95. The molecule has 0 saturated carbocycles. The van der Waals surface area contributed by atoms with Crippen molar-refractivity contribution in [2.75, 3.05) is 13.2 Å². The first-order chi connectivity index (χ1) is 8.40. The van der Waals surface area contributed by atoms with Crippen LogP contribution >= 0.6 is 0 Å². The molecule has 1 aromatic rings. The summed E-state index contributed by atoms with van der Waals surface area (Å²) in [4.78, 5) is 11.0. The first-order valence-corrected chi connectivity index (χ1v) is 5.71. The third-order valence-electron chi connectivity index (χ3n) is 2.92. The number of rotatable bonds is 3. The first-order valence-electron chi connectivity index (χ1n) is 5.71. The lowest BCUT2D eigenvalue weighted by atomic mass is 9.85. The molecule has 0 fully saturated rings. The predicted octanol–water partition coefficient (Wildman–Crippen LogP) is 2.25. The van der Waals surface area contributed by atoms with E-state index < -0.39 is 17.2 Å². The van der Waals surface area contributed by atoms with Gasteiger partial charge in [-0.3, -0.25) is 4.79 Å². The number of carboxylic acid groups (broad SMARTS) is 1. The summed E-state index contributed by atoms with van der Waals surface area (Å²) in [7, 11) is 0. The van der Waals surface area contributed by atoms with Crippen LogP contribution in [0.5, 0.6) is 11.5 Å². The highest BCUT2D eigenvalue weighted by Gasteiger charge is 2.29. The van der Waals surface area contributed by atoms with Crippen molar-refractivity contribution in [3.8, 4) is 11.5 Å². The number of ether oxygens (including phenoxy) is 2. The summed E-state index contributed by atoms with van der Waals surface area (Å²) in [6.07, 6.45) is 0.102. The number of carboxylic acids is 1. The van der Waals surface area contributed by atoms with Gasteiger partial charge in [-0.1, -0.05) is 0 Å². The molecule has 0 aliphatic carbocycles. The summed E-state index contributed by atoms with van der Waals surface area (Å²) >= 11 is 0. The second kappa shape index (κ2) is 4.48. The zero-order valence-electron chi connectivity index (χ0n) is 10.3. The van der Waals surface area contributed by atoms with Crippen molar-refractivity contribution in [1.82, 2.24) is 0 Å². The average Bonchev–Trinajstić information content (AvgIpc) is 2.29. The van der Waals surface area contributed by atoms with E-state index in [0.29, 0.717) is 30.3 Å². The highest BCUT2D eigenvalue weighted by atomic mass is 19.1. The monoisotopic (exact) mass is 254 g/mol. The van der Waals surface area contributed by atoms with Gasteiger partial charge >= 0.3 is 5.97 Å². The fourth-order valence-corrected chi connectivity index (χ4v) is 1.79. The van der Waals surface area contributed by atoms with Crippen molar-refractivity contribution < 1.29 is 23.8 Å². The number of carbonyl (C=O) groups is 1. The third kappa shape index (κ3) is 2.39. The van der Waals surface area contributed by atoms with Gasteiger partial charge in [-0.15, -0.1) is 0 Å². The van der Waals surface area contributed by atoms with Crippen LogP contribution in [0.25, 0.3) is 0 Å². The molecule has 0 spiro atoms. The fraction of sp³-hybridized carbons (Fsp3) is 0.462.